The number of methoxy groups -OCH3 is 1. The SMILES string of the molecule is COc1cccc(F)c1F.O=C(Nc1cc[nH]c(=O)c1)C1CCCC(F)(F)C1. The number of carbonyl (C=O) groups excluding carboxylic acids is 1. The van der Waals surface area contributed by atoms with Crippen molar-refractivity contribution in [3.8, 4) is 5.75 Å². The molecule has 2 N–H and O–H groups in total. The minimum Gasteiger partial charge on any atom is -0.494 e. The van der Waals surface area contributed by atoms with Crippen LogP contribution in [0.1, 0.15) is 25.7 Å². The molecular weight excluding hydrogens is 380 g/mol. The van der Waals surface area contributed by atoms with Crippen LogP contribution in [0.15, 0.2) is 41.3 Å². The van der Waals surface area contributed by atoms with Crippen LogP contribution in [0.25, 0.3) is 0 Å². The molecule has 5 nitrogen and oxygen atoms in total. The number of anilines is 1. The summed E-state index contributed by atoms with van der Waals surface area (Å²) in [7, 11) is 1.29. The minimum atomic E-state index is -2.76. The Hall–Kier alpha value is -2.84. The van der Waals surface area contributed by atoms with E-state index in [0.29, 0.717) is 18.5 Å². The number of aromatic nitrogens is 1. The highest BCUT2D eigenvalue weighted by Crippen LogP contribution is 2.37. The maximum absolute atomic E-state index is 13.2. The van der Waals surface area contributed by atoms with Gasteiger partial charge in [0.1, 0.15) is 0 Å². The molecule has 1 aromatic heterocycles. The third kappa shape index (κ3) is 6.11. The van der Waals surface area contributed by atoms with Gasteiger partial charge in [-0.05, 0) is 31.0 Å². The van der Waals surface area contributed by atoms with Crippen LogP contribution in [0.3, 0.4) is 0 Å². The molecule has 28 heavy (non-hydrogen) atoms. The van der Waals surface area contributed by atoms with Gasteiger partial charge in [0.15, 0.2) is 11.6 Å². The van der Waals surface area contributed by atoms with Crippen LogP contribution < -0.4 is 15.6 Å². The summed E-state index contributed by atoms with van der Waals surface area (Å²) in [6, 6.07) is 6.52. The molecule has 1 unspecified atom stereocenters. The van der Waals surface area contributed by atoms with E-state index in [1.807, 2.05) is 0 Å². The number of benzene rings is 1. The van der Waals surface area contributed by atoms with Gasteiger partial charge in [0.05, 0.1) is 7.11 Å². The smallest absolute Gasteiger partial charge is 0.249 e. The van der Waals surface area contributed by atoms with Crippen molar-refractivity contribution in [1.29, 1.82) is 0 Å². The largest absolute Gasteiger partial charge is 0.494 e. The number of halogens is 4. The lowest BCUT2D eigenvalue weighted by molar-refractivity contribution is -0.127. The van der Waals surface area contributed by atoms with Gasteiger partial charge in [0, 0.05) is 36.7 Å². The molecular formula is C19H20F4N2O3. The van der Waals surface area contributed by atoms with E-state index in [1.54, 1.807) is 0 Å². The van der Waals surface area contributed by atoms with E-state index in [2.05, 4.69) is 15.0 Å². The number of H-pyrrole nitrogens is 1. The first-order valence-electron chi connectivity index (χ1n) is 8.57. The summed E-state index contributed by atoms with van der Waals surface area (Å²) >= 11 is 0. The summed E-state index contributed by atoms with van der Waals surface area (Å²) < 4.78 is 55.7. The number of pyridine rings is 1. The molecule has 0 spiro atoms. The number of alkyl halides is 2. The zero-order valence-corrected chi connectivity index (χ0v) is 15.1. The second-order valence-electron chi connectivity index (χ2n) is 6.34. The van der Waals surface area contributed by atoms with Gasteiger partial charge in [-0.25, -0.2) is 13.2 Å². The van der Waals surface area contributed by atoms with Crippen LogP contribution in [0, 0.1) is 17.6 Å². The van der Waals surface area contributed by atoms with Crippen molar-refractivity contribution in [3.63, 3.8) is 0 Å². The van der Waals surface area contributed by atoms with Crippen LogP contribution in [-0.4, -0.2) is 23.9 Å². The van der Waals surface area contributed by atoms with Gasteiger partial charge in [0.25, 0.3) is 0 Å². The predicted octanol–water partition coefficient (Wildman–Crippen LogP) is 4.11. The maximum atomic E-state index is 13.2. The number of amides is 1. The van der Waals surface area contributed by atoms with Crippen molar-refractivity contribution in [1.82, 2.24) is 4.98 Å². The predicted molar refractivity (Wildman–Crippen MR) is 95.5 cm³/mol. The number of aromatic amines is 1. The Morgan fingerprint density at radius 3 is 2.64 bits per heavy atom. The van der Waals surface area contributed by atoms with Gasteiger partial charge in [0.2, 0.25) is 23.2 Å². The Morgan fingerprint density at radius 2 is 2.04 bits per heavy atom. The second kappa shape index (κ2) is 9.38. The first-order chi connectivity index (χ1) is 13.2. The highest BCUT2D eigenvalue weighted by molar-refractivity contribution is 5.92. The van der Waals surface area contributed by atoms with E-state index in [-0.39, 0.29) is 17.7 Å². The van der Waals surface area contributed by atoms with Crippen molar-refractivity contribution in [2.24, 2.45) is 5.92 Å². The van der Waals surface area contributed by atoms with Crippen LogP contribution in [-0.2, 0) is 4.79 Å². The fourth-order valence-corrected chi connectivity index (χ4v) is 2.80. The Kier molecular flexibility index (Phi) is 7.19. The fourth-order valence-electron chi connectivity index (χ4n) is 2.80. The molecule has 9 heteroatoms. The fraction of sp³-hybridized carbons (Fsp3) is 0.368. The standard InChI is InChI=1S/C12H14F2N2O2.C7H6F2O/c13-12(14)4-1-2-8(7-12)11(18)16-9-3-5-15-10(17)6-9;1-10-6-4-2-3-5(8)7(6)9/h3,5-6,8H,1-2,4,7H2,(H2,15,16,17,18);2-4H,1H3. The minimum absolute atomic E-state index is 0.0694. The Balaban J connectivity index is 0.000000237. The molecule has 1 aromatic carbocycles. The van der Waals surface area contributed by atoms with E-state index in [9.17, 15) is 27.2 Å². The van der Waals surface area contributed by atoms with Gasteiger partial charge in [-0.3, -0.25) is 9.59 Å². The number of rotatable bonds is 3. The van der Waals surface area contributed by atoms with Crippen molar-refractivity contribution >= 4 is 11.6 Å². The van der Waals surface area contributed by atoms with E-state index in [0.717, 1.165) is 6.07 Å². The summed E-state index contributed by atoms with van der Waals surface area (Å²) in [5, 5.41) is 2.50. The van der Waals surface area contributed by atoms with Gasteiger partial charge >= 0.3 is 0 Å². The molecule has 0 radical (unpaired) electrons. The molecule has 1 aliphatic carbocycles. The normalized spacial score (nSPS) is 17.8. The number of nitrogens with one attached hydrogen (secondary N) is 2. The van der Waals surface area contributed by atoms with Gasteiger partial charge < -0.3 is 15.0 Å². The molecule has 1 heterocycles. The average molecular weight is 400 g/mol. The highest BCUT2D eigenvalue weighted by atomic mass is 19.3. The monoisotopic (exact) mass is 400 g/mol. The Morgan fingerprint density at radius 1 is 1.29 bits per heavy atom. The van der Waals surface area contributed by atoms with Gasteiger partial charge in [-0.15, -0.1) is 0 Å². The number of carbonyl (C=O) groups is 1. The first-order valence-corrected chi connectivity index (χ1v) is 8.57. The quantitative estimate of drug-likeness (QED) is 0.762. The Labute approximate surface area is 158 Å². The summed E-state index contributed by atoms with van der Waals surface area (Å²) in [5.41, 5.74) is -0.0144. The summed E-state index contributed by atoms with van der Waals surface area (Å²) in [5.74, 6) is -5.79. The molecule has 1 saturated carbocycles. The van der Waals surface area contributed by atoms with Crippen molar-refractivity contribution in [2.45, 2.75) is 31.6 Å². The molecule has 1 amide bonds. The molecule has 0 aliphatic heterocycles. The molecule has 1 aliphatic rings. The van der Waals surface area contributed by atoms with Crippen LogP contribution in [0.2, 0.25) is 0 Å². The second-order valence-corrected chi connectivity index (χ2v) is 6.34. The number of hydrogen-bond donors (Lipinski definition) is 2. The molecule has 1 atom stereocenters. The van der Waals surface area contributed by atoms with Crippen molar-refractivity contribution in [2.75, 3.05) is 12.4 Å². The van der Waals surface area contributed by atoms with Gasteiger partial charge in [-0.1, -0.05) is 6.07 Å². The van der Waals surface area contributed by atoms with Crippen molar-refractivity contribution in [3.05, 3.63) is 58.5 Å². The van der Waals surface area contributed by atoms with Crippen LogP contribution in [0.4, 0.5) is 23.2 Å². The molecule has 0 bridgehead atoms. The van der Waals surface area contributed by atoms with E-state index in [4.69, 9.17) is 0 Å². The van der Waals surface area contributed by atoms with Crippen molar-refractivity contribution < 1.29 is 27.1 Å². The third-order valence-electron chi connectivity index (χ3n) is 4.19. The average Bonchev–Trinajstić information content (AvgIpc) is 2.64. The molecule has 0 saturated heterocycles. The third-order valence-corrected chi connectivity index (χ3v) is 4.19. The molecule has 1 fully saturated rings. The summed E-state index contributed by atoms with van der Waals surface area (Å²) in [4.78, 5) is 25.2. The highest BCUT2D eigenvalue weighted by Gasteiger charge is 2.39. The molecule has 152 valence electrons. The summed E-state index contributed by atoms with van der Waals surface area (Å²) in [6.07, 6.45) is 1.64. The zero-order valence-electron chi connectivity index (χ0n) is 15.1. The Bertz CT molecular complexity index is 870. The van der Waals surface area contributed by atoms with E-state index >= 15 is 0 Å². The summed E-state index contributed by atoms with van der Waals surface area (Å²) in [6.45, 7) is 0. The zero-order chi connectivity index (χ0) is 20.7. The van der Waals surface area contributed by atoms with Gasteiger partial charge in [-0.2, -0.15) is 4.39 Å². The number of hydrogen-bond acceptors (Lipinski definition) is 3. The molecule has 2 aromatic rings. The van der Waals surface area contributed by atoms with E-state index in [1.165, 1.54) is 37.6 Å². The lowest BCUT2D eigenvalue weighted by Gasteiger charge is -2.27. The van der Waals surface area contributed by atoms with Crippen LogP contribution >= 0.6 is 0 Å². The lowest BCUT2D eigenvalue weighted by Crippen LogP contribution is -2.33. The van der Waals surface area contributed by atoms with Crippen LogP contribution in [0.5, 0.6) is 5.75 Å². The topological polar surface area (TPSA) is 71.2 Å². The first kappa shape index (κ1) is 21.5. The maximum Gasteiger partial charge on any atom is 0.249 e. The number of ether oxygens (including phenoxy) is 1. The lowest BCUT2D eigenvalue weighted by atomic mass is 9.86. The molecule has 3 rings (SSSR count). The van der Waals surface area contributed by atoms with E-state index < -0.39 is 35.8 Å².